The van der Waals surface area contributed by atoms with E-state index in [2.05, 4.69) is 25.1 Å². The van der Waals surface area contributed by atoms with Crippen molar-refractivity contribution in [1.82, 2.24) is 5.16 Å². The molecule has 0 aliphatic heterocycles. The second-order valence-electron chi connectivity index (χ2n) is 4.42. The molecule has 3 nitrogen and oxygen atoms in total. The SMILES string of the molecule is COc1c(-c2cc(C)no2)cccc1C(C)C. The van der Waals surface area contributed by atoms with Gasteiger partial charge in [0.2, 0.25) is 0 Å². The Morgan fingerprint density at radius 2 is 2.06 bits per heavy atom. The second kappa shape index (κ2) is 4.62. The smallest absolute Gasteiger partial charge is 0.170 e. The highest BCUT2D eigenvalue weighted by Gasteiger charge is 2.15. The summed E-state index contributed by atoms with van der Waals surface area (Å²) in [4.78, 5) is 0. The number of benzene rings is 1. The van der Waals surface area contributed by atoms with Crippen LogP contribution in [0.4, 0.5) is 0 Å². The van der Waals surface area contributed by atoms with E-state index in [1.807, 2.05) is 25.1 Å². The Morgan fingerprint density at radius 3 is 2.59 bits per heavy atom. The fraction of sp³-hybridized carbons (Fsp3) is 0.357. The van der Waals surface area contributed by atoms with Crippen LogP contribution in [-0.2, 0) is 0 Å². The van der Waals surface area contributed by atoms with Gasteiger partial charge in [0.1, 0.15) is 5.75 Å². The van der Waals surface area contributed by atoms with Crippen molar-refractivity contribution in [2.75, 3.05) is 7.11 Å². The number of ether oxygens (including phenoxy) is 1. The lowest BCUT2D eigenvalue weighted by molar-refractivity contribution is 0.399. The van der Waals surface area contributed by atoms with E-state index in [1.54, 1.807) is 7.11 Å². The summed E-state index contributed by atoms with van der Waals surface area (Å²) in [5, 5.41) is 3.91. The van der Waals surface area contributed by atoms with Crippen molar-refractivity contribution in [3.63, 3.8) is 0 Å². The monoisotopic (exact) mass is 231 g/mol. The third-order valence-corrected chi connectivity index (χ3v) is 2.77. The lowest BCUT2D eigenvalue weighted by atomic mass is 9.98. The van der Waals surface area contributed by atoms with Gasteiger partial charge in [-0.25, -0.2) is 0 Å². The summed E-state index contributed by atoms with van der Waals surface area (Å²) in [5.74, 6) is 2.04. The van der Waals surface area contributed by atoms with Gasteiger partial charge >= 0.3 is 0 Å². The Balaban J connectivity index is 2.58. The number of rotatable bonds is 3. The van der Waals surface area contributed by atoms with E-state index < -0.39 is 0 Å². The quantitative estimate of drug-likeness (QED) is 0.806. The Bertz CT molecular complexity index is 515. The van der Waals surface area contributed by atoms with E-state index in [0.29, 0.717) is 5.92 Å². The standard InChI is InChI=1S/C14H17NO2/c1-9(2)11-6-5-7-12(14(11)16-4)13-8-10(3)15-17-13/h5-9H,1-4H3. The van der Waals surface area contributed by atoms with Crippen LogP contribution in [0.2, 0.25) is 0 Å². The summed E-state index contributed by atoms with van der Waals surface area (Å²) < 4.78 is 10.8. The molecular formula is C14H17NO2. The van der Waals surface area contributed by atoms with Crippen molar-refractivity contribution in [3.8, 4) is 17.1 Å². The molecular weight excluding hydrogens is 214 g/mol. The molecule has 17 heavy (non-hydrogen) atoms. The van der Waals surface area contributed by atoms with Crippen molar-refractivity contribution >= 4 is 0 Å². The molecule has 0 atom stereocenters. The van der Waals surface area contributed by atoms with E-state index in [9.17, 15) is 0 Å². The van der Waals surface area contributed by atoms with E-state index in [0.717, 1.165) is 22.8 Å². The fourth-order valence-electron chi connectivity index (χ4n) is 1.92. The minimum absolute atomic E-state index is 0.411. The van der Waals surface area contributed by atoms with Crippen LogP contribution in [-0.4, -0.2) is 12.3 Å². The zero-order chi connectivity index (χ0) is 12.4. The number of hydrogen-bond donors (Lipinski definition) is 0. The molecule has 1 aromatic heterocycles. The zero-order valence-electron chi connectivity index (χ0n) is 10.7. The highest BCUT2D eigenvalue weighted by molar-refractivity contribution is 5.68. The number of aromatic nitrogens is 1. The lowest BCUT2D eigenvalue weighted by Gasteiger charge is -2.14. The van der Waals surface area contributed by atoms with Crippen LogP contribution >= 0.6 is 0 Å². The number of aryl methyl sites for hydroxylation is 1. The molecule has 0 aliphatic carbocycles. The van der Waals surface area contributed by atoms with Gasteiger partial charge in [0.15, 0.2) is 5.76 Å². The first-order chi connectivity index (χ1) is 8.13. The third kappa shape index (κ3) is 2.18. The van der Waals surface area contributed by atoms with Crippen LogP contribution in [0.3, 0.4) is 0 Å². The molecule has 0 fully saturated rings. The first-order valence-corrected chi connectivity index (χ1v) is 5.74. The normalized spacial score (nSPS) is 10.9. The Hall–Kier alpha value is -1.77. The zero-order valence-corrected chi connectivity index (χ0v) is 10.7. The maximum absolute atomic E-state index is 5.51. The highest BCUT2D eigenvalue weighted by Crippen LogP contribution is 2.36. The predicted molar refractivity (Wildman–Crippen MR) is 67.3 cm³/mol. The van der Waals surface area contributed by atoms with E-state index in [1.165, 1.54) is 5.56 Å². The third-order valence-electron chi connectivity index (χ3n) is 2.77. The van der Waals surface area contributed by atoms with Crippen molar-refractivity contribution in [1.29, 1.82) is 0 Å². The molecule has 0 saturated heterocycles. The summed E-state index contributed by atoms with van der Waals surface area (Å²) in [6, 6.07) is 8.01. The predicted octanol–water partition coefficient (Wildman–Crippen LogP) is 3.78. The fourth-order valence-corrected chi connectivity index (χ4v) is 1.92. The summed E-state index contributed by atoms with van der Waals surface area (Å²) in [5.41, 5.74) is 3.01. The van der Waals surface area contributed by atoms with E-state index in [4.69, 9.17) is 9.26 Å². The molecule has 0 aliphatic rings. The van der Waals surface area contributed by atoms with Crippen LogP contribution in [0.15, 0.2) is 28.8 Å². The summed E-state index contributed by atoms with van der Waals surface area (Å²) in [6.45, 7) is 6.20. The van der Waals surface area contributed by atoms with Crippen molar-refractivity contribution in [2.24, 2.45) is 0 Å². The van der Waals surface area contributed by atoms with Gasteiger partial charge in [-0.15, -0.1) is 0 Å². The molecule has 1 aromatic carbocycles. The van der Waals surface area contributed by atoms with Crippen LogP contribution in [0.5, 0.6) is 5.75 Å². The molecule has 0 spiro atoms. The molecule has 0 radical (unpaired) electrons. The van der Waals surface area contributed by atoms with Crippen LogP contribution in [0.1, 0.15) is 31.0 Å². The van der Waals surface area contributed by atoms with E-state index >= 15 is 0 Å². The minimum atomic E-state index is 0.411. The molecule has 0 bridgehead atoms. The van der Waals surface area contributed by atoms with Gasteiger partial charge in [-0.1, -0.05) is 31.1 Å². The van der Waals surface area contributed by atoms with Crippen molar-refractivity contribution < 1.29 is 9.26 Å². The molecule has 0 amide bonds. The largest absolute Gasteiger partial charge is 0.496 e. The summed E-state index contributed by atoms with van der Waals surface area (Å²) >= 11 is 0. The number of hydrogen-bond acceptors (Lipinski definition) is 3. The average Bonchev–Trinajstić information content (AvgIpc) is 2.74. The van der Waals surface area contributed by atoms with Gasteiger partial charge in [-0.2, -0.15) is 0 Å². The van der Waals surface area contributed by atoms with Crippen LogP contribution in [0.25, 0.3) is 11.3 Å². The van der Waals surface area contributed by atoms with Crippen molar-refractivity contribution in [2.45, 2.75) is 26.7 Å². The maximum atomic E-state index is 5.51. The van der Waals surface area contributed by atoms with Crippen molar-refractivity contribution in [3.05, 3.63) is 35.5 Å². The summed E-state index contributed by atoms with van der Waals surface area (Å²) in [6.07, 6.45) is 0. The Morgan fingerprint density at radius 1 is 1.29 bits per heavy atom. The van der Waals surface area contributed by atoms with Gasteiger partial charge in [0.25, 0.3) is 0 Å². The second-order valence-corrected chi connectivity index (χ2v) is 4.42. The Labute approximate surface area is 101 Å². The van der Waals surface area contributed by atoms with Gasteiger partial charge in [-0.05, 0) is 24.5 Å². The number of methoxy groups -OCH3 is 1. The first kappa shape index (κ1) is 11.7. The molecule has 0 unspecified atom stereocenters. The number of para-hydroxylation sites is 1. The first-order valence-electron chi connectivity index (χ1n) is 5.74. The molecule has 1 heterocycles. The molecule has 2 rings (SSSR count). The molecule has 90 valence electrons. The van der Waals surface area contributed by atoms with Gasteiger partial charge < -0.3 is 9.26 Å². The Kier molecular flexibility index (Phi) is 3.18. The number of nitrogens with zero attached hydrogens (tertiary/aromatic N) is 1. The molecule has 3 heteroatoms. The molecule has 0 N–H and O–H groups in total. The topological polar surface area (TPSA) is 35.3 Å². The minimum Gasteiger partial charge on any atom is -0.496 e. The van der Waals surface area contributed by atoms with Crippen LogP contribution < -0.4 is 4.74 Å². The highest BCUT2D eigenvalue weighted by atomic mass is 16.5. The average molecular weight is 231 g/mol. The van der Waals surface area contributed by atoms with Gasteiger partial charge in [0, 0.05) is 6.07 Å². The summed E-state index contributed by atoms with van der Waals surface area (Å²) in [7, 11) is 1.69. The molecule has 0 saturated carbocycles. The van der Waals surface area contributed by atoms with Gasteiger partial charge in [0.05, 0.1) is 18.4 Å². The van der Waals surface area contributed by atoms with Gasteiger partial charge in [-0.3, -0.25) is 0 Å². The van der Waals surface area contributed by atoms with E-state index in [-0.39, 0.29) is 0 Å². The molecule has 2 aromatic rings. The maximum Gasteiger partial charge on any atom is 0.170 e. The van der Waals surface area contributed by atoms with Crippen LogP contribution in [0, 0.1) is 6.92 Å². The lowest BCUT2D eigenvalue weighted by Crippen LogP contribution is -1.96.